The van der Waals surface area contributed by atoms with Crippen LogP contribution in [0.3, 0.4) is 0 Å². The van der Waals surface area contributed by atoms with Crippen molar-refractivity contribution in [3.05, 3.63) is 0 Å². The molecule has 16 heavy (non-hydrogen) atoms. The third kappa shape index (κ3) is 5.52. The lowest BCUT2D eigenvalue weighted by molar-refractivity contribution is -0.0169. The van der Waals surface area contributed by atoms with Crippen LogP contribution in [0.2, 0.25) is 0 Å². The molecule has 0 bridgehead atoms. The molecule has 3 nitrogen and oxygen atoms in total. The van der Waals surface area contributed by atoms with Gasteiger partial charge in [-0.1, -0.05) is 15.9 Å². The summed E-state index contributed by atoms with van der Waals surface area (Å²) in [6.07, 6.45) is 1.13. The van der Waals surface area contributed by atoms with Crippen molar-refractivity contribution in [2.24, 2.45) is 0 Å². The Labute approximate surface area is 115 Å². The predicted molar refractivity (Wildman–Crippen MR) is 69.1 cm³/mol. The van der Waals surface area contributed by atoms with Gasteiger partial charge in [0, 0.05) is 18.4 Å². The van der Waals surface area contributed by atoms with Gasteiger partial charge in [-0.05, 0) is 6.42 Å². The van der Waals surface area contributed by atoms with E-state index in [1.165, 1.54) is 0 Å². The van der Waals surface area contributed by atoms with Crippen molar-refractivity contribution < 1.29 is 14.2 Å². The predicted octanol–water partition coefficient (Wildman–Crippen LogP) is 2.42. The molecule has 0 N–H and O–H groups in total. The molecule has 1 rings (SSSR count). The maximum Gasteiger partial charge on any atom is 0.0847 e. The summed E-state index contributed by atoms with van der Waals surface area (Å²) in [5.41, 5.74) is 0. The molecule has 0 aliphatic carbocycles. The van der Waals surface area contributed by atoms with E-state index in [1.807, 2.05) is 0 Å². The molecule has 1 fully saturated rings. The van der Waals surface area contributed by atoms with Gasteiger partial charge in [0.05, 0.1) is 36.9 Å². The number of hydrogen-bond donors (Lipinski definition) is 0. The van der Waals surface area contributed by atoms with Gasteiger partial charge in [-0.2, -0.15) is 0 Å². The van der Waals surface area contributed by atoms with Crippen LogP contribution in [-0.4, -0.2) is 55.2 Å². The highest BCUT2D eigenvalue weighted by atomic mass is 79.9. The largest absolute Gasteiger partial charge is 0.379 e. The average molecular weight is 336 g/mol. The van der Waals surface area contributed by atoms with E-state index in [4.69, 9.17) is 37.4 Å². The minimum Gasteiger partial charge on any atom is -0.379 e. The lowest BCUT2D eigenvalue weighted by Gasteiger charge is -2.19. The van der Waals surface area contributed by atoms with Crippen molar-refractivity contribution in [3.8, 4) is 0 Å². The minimum atomic E-state index is -0.0670. The van der Waals surface area contributed by atoms with Crippen LogP contribution in [0.15, 0.2) is 0 Å². The Morgan fingerprint density at radius 1 is 1.31 bits per heavy atom. The lowest BCUT2D eigenvalue weighted by atomic mass is 10.3. The van der Waals surface area contributed by atoms with Crippen LogP contribution in [0.1, 0.15) is 6.42 Å². The Morgan fingerprint density at radius 3 is 2.69 bits per heavy atom. The lowest BCUT2D eigenvalue weighted by Crippen LogP contribution is -2.29. The van der Waals surface area contributed by atoms with E-state index in [0.717, 1.165) is 13.0 Å². The fourth-order valence-electron chi connectivity index (χ4n) is 1.40. The summed E-state index contributed by atoms with van der Waals surface area (Å²) in [5.74, 6) is 0.907. The van der Waals surface area contributed by atoms with Crippen LogP contribution < -0.4 is 0 Å². The second-order valence-electron chi connectivity index (χ2n) is 3.59. The van der Waals surface area contributed by atoms with Gasteiger partial charge in [0.1, 0.15) is 0 Å². The fraction of sp³-hybridized carbons (Fsp3) is 1.00. The normalized spacial score (nSPS) is 24.6. The molecule has 1 aliphatic heterocycles. The van der Waals surface area contributed by atoms with E-state index in [0.29, 0.717) is 31.6 Å². The first kappa shape index (κ1) is 15.0. The van der Waals surface area contributed by atoms with Gasteiger partial charge in [0.2, 0.25) is 0 Å². The molecule has 0 aromatic rings. The van der Waals surface area contributed by atoms with Crippen molar-refractivity contribution in [2.75, 3.05) is 38.2 Å². The zero-order valence-electron chi connectivity index (χ0n) is 9.04. The Bertz CT molecular complexity index is 179. The quantitative estimate of drug-likeness (QED) is 0.503. The summed E-state index contributed by atoms with van der Waals surface area (Å²) < 4.78 is 16.3. The smallest absolute Gasteiger partial charge is 0.0847 e. The van der Waals surface area contributed by atoms with Gasteiger partial charge in [0.15, 0.2) is 0 Å². The Hall–Kier alpha value is 0.940. The van der Waals surface area contributed by atoms with E-state index >= 15 is 0 Å². The Kier molecular flexibility index (Phi) is 8.39. The van der Waals surface area contributed by atoms with E-state index in [-0.39, 0.29) is 17.0 Å². The van der Waals surface area contributed by atoms with Crippen LogP contribution in [0.25, 0.3) is 0 Å². The van der Waals surface area contributed by atoms with E-state index in [1.54, 1.807) is 0 Å². The Balaban J connectivity index is 2.03. The summed E-state index contributed by atoms with van der Waals surface area (Å²) >= 11 is 14.9. The van der Waals surface area contributed by atoms with Crippen LogP contribution in [0.4, 0.5) is 0 Å². The third-order valence-electron chi connectivity index (χ3n) is 2.36. The van der Waals surface area contributed by atoms with Gasteiger partial charge in [-0.15, -0.1) is 23.2 Å². The summed E-state index contributed by atoms with van der Waals surface area (Å²) in [6.45, 7) is 2.60. The molecule has 0 spiro atoms. The Morgan fingerprint density at radius 2 is 2.12 bits per heavy atom. The number of rotatable bonds is 8. The molecule has 1 saturated heterocycles. The van der Waals surface area contributed by atoms with Crippen LogP contribution >= 0.6 is 39.1 Å². The van der Waals surface area contributed by atoms with Gasteiger partial charge in [-0.25, -0.2) is 0 Å². The van der Waals surface area contributed by atoms with Crippen LogP contribution in [0.5, 0.6) is 0 Å². The second-order valence-corrected chi connectivity index (χ2v) is 5.38. The van der Waals surface area contributed by atoms with Gasteiger partial charge in [0.25, 0.3) is 0 Å². The van der Waals surface area contributed by atoms with Gasteiger partial charge < -0.3 is 14.2 Å². The van der Waals surface area contributed by atoms with Crippen molar-refractivity contribution in [3.63, 3.8) is 0 Å². The maximum absolute atomic E-state index is 5.77. The molecule has 0 radical (unpaired) electrons. The van der Waals surface area contributed by atoms with Crippen molar-refractivity contribution in [1.29, 1.82) is 0 Å². The van der Waals surface area contributed by atoms with E-state index in [9.17, 15) is 0 Å². The second kappa shape index (κ2) is 8.95. The SMILES string of the molecule is ClCC(Br)C(CCl)OCCOC1CCOC1. The first-order chi connectivity index (χ1) is 7.77. The number of hydrogen-bond acceptors (Lipinski definition) is 3. The van der Waals surface area contributed by atoms with Crippen molar-refractivity contribution >= 4 is 39.1 Å². The number of alkyl halides is 3. The zero-order chi connectivity index (χ0) is 11.8. The van der Waals surface area contributed by atoms with Crippen molar-refractivity contribution in [1.82, 2.24) is 0 Å². The topological polar surface area (TPSA) is 27.7 Å². The van der Waals surface area contributed by atoms with Gasteiger partial charge in [-0.3, -0.25) is 0 Å². The standard InChI is InChI=1S/C10H17BrCl2O3/c11-9(5-12)10(6-13)16-4-3-15-8-1-2-14-7-8/h8-10H,1-7H2. The molecule has 0 saturated carbocycles. The van der Waals surface area contributed by atoms with Crippen LogP contribution in [0, 0.1) is 0 Å². The van der Waals surface area contributed by atoms with Crippen LogP contribution in [-0.2, 0) is 14.2 Å². The highest BCUT2D eigenvalue weighted by molar-refractivity contribution is 9.09. The average Bonchev–Trinajstić information content (AvgIpc) is 2.81. The molecule has 0 amide bonds. The fourth-order valence-corrected chi connectivity index (χ4v) is 2.46. The molecule has 0 aromatic carbocycles. The summed E-state index contributed by atoms with van der Waals surface area (Å²) in [6, 6.07) is 0. The monoisotopic (exact) mass is 334 g/mol. The molecule has 0 aromatic heterocycles. The minimum absolute atomic E-state index is 0.0670. The highest BCUT2D eigenvalue weighted by Gasteiger charge is 2.19. The molecule has 3 atom stereocenters. The number of halogens is 3. The van der Waals surface area contributed by atoms with Crippen molar-refractivity contribution in [2.45, 2.75) is 23.5 Å². The molecular weight excluding hydrogens is 319 g/mol. The molecule has 3 unspecified atom stereocenters. The first-order valence-electron chi connectivity index (χ1n) is 5.35. The summed E-state index contributed by atoms with van der Waals surface area (Å²) in [7, 11) is 0. The molecule has 1 heterocycles. The van der Waals surface area contributed by atoms with E-state index < -0.39 is 0 Å². The highest BCUT2D eigenvalue weighted by Crippen LogP contribution is 2.13. The van der Waals surface area contributed by atoms with E-state index in [2.05, 4.69) is 15.9 Å². The molecule has 6 heteroatoms. The summed E-state index contributed by atoms with van der Waals surface area (Å²) in [5, 5.41) is 0. The molecule has 1 aliphatic rings. The zero-order valence-corrected chi connectivity index (χ0v) is 12.1. The first-order valence-corrected chi connectivity index (χ1v) is 7.33. The third-order valence-corrected chi connectivity index (χ3v) is 4.28. The summed E-state index contributed by atoms with van der Waals surface area (Å²) in [4.78, 5) is 0.0847. The molecular formula is C10H17BrCl2O3. The van der Waals surface area contributed by atoms with Gasteiger partial charge >= 0.3 is 0 Å². The maximum atomic E-state index is 5.77. The molecule has 96 valence electrons. The number of ether oxygens (including phenoxy) is 3.